The lowest BCUT2D eigenvalue weighted by Crippen LogP contribution is -2.52. The molecule has 1 N–H and O–H groups in total. The van der Waals surface area contributed by atoms with Gasteiger partial charge >= 0.3 is 0 Å². The summed E-state index contributed by atoms with van der Waals surface area (Å²) in [5.41, 5.74) is 1.76. The molecule has 8 heteroatoms. The minimum atomic E-state index is -3.53. The Kier molecular flexibility index (Phi) is 7.92. The van der Waals surface area contributed by atoms with E-state index >= 15 is 0 Å². The minimum Gasteiger partial charge on any atom is -0.357 e. The Bertz CT molecular complexity index is 917. The number of sulfonamides is 1. The van der Waals surface area contributed by atoms with Gasteiger partial charge in [0.15, 0.2) is 0 Å². The Balaban J connectivity index is 2.37. The van der Waals surface area contributed by atoms with Crippen LogP contribution in [0.4, 0.5) is 0 Å². The highest BCUT2D eigenvalue weighted by Gasteiger charge is 2.31. The third-order valence-electron chi connectivity index (χ3n) is 4.64. The van der Waals surface area contributed by atoms with Crippen LogP contribution < -0.4 is 5.32 Å². The van der Waals surface area contributed by atoms with Crippen molar-refractivity contribution >= 4 is 21.8 Å². The lowest BCUT2D eigenvalue weighted by atomic mass is 10.0. The Morgan fingerprint density at radius 3 is 1.97 bits per heavy atom. The molecule has 1 atom stereocenters. The summed E-state index contributed by atoms with van der Waals surface area (Å²) in [6, 6.07) is 17.9. The Morgan fingerprint density at radius 1 is 0.966 bits per heavy atom. The summed E-state index contributed by atoms with van der Waals surface area (Å²) in [4.78, 5) is 27.2. The van der Waals surface area contributed by atoms with E-state index in [4.69, 9.17) is 0 Å². The molecule has 0 aromatic heterocycles. The summed E-state index contributed by atoms with van der Waals surface area (Å²) in [5.74, 6) is -0.744. The molecule has 2 aromatic rings. The number of amides is 2. The van der Waals surface area contributed by atoms with Crippen molar-refractivity contribution in [3.8, 4) is 0 Å². The van der Waals surface area contributed by atoms with Crippen LogP contribution in [0.1, 0.15) is 11.1 Å². The van der Waals surface area contributed by atoms with E-state index in [0.29, 0.717) is 6.42 Å². The number of carbonyl (C=O) groups is 2. The molecule has 0 aliphatic heterocycles. The van der Waals surface area contributed by atoms with Crippen LogP contribution in [0, 0.1) is 0 Å². The van der Waals surface area contributed by atoms with E-state index in [-0.39, 0.29) is 19.0 Å². The van der Waals surface area contributed by atoms with Crippen molar-refractivity contribution in [3.05, 3.63) is 71.8 Å². The number of carbonyl (C=O) groups excluding carboxylic acids is 2. The van der Waals surface area contributed by atoms with E-state index in [2.05, 4.69) is 5.32 Å². The molecule has 0 fully saturated rings. The zero-order valence-electron chi connectivity index (χ0n) is 16.9. The fraction of sp³-hybridized carbons (Fsp3) is 0.333. The average molecular weight is 418 g/mol. The molecule has 0 bridgehead atoms. The highest BCUT2D eigenvalue weighted by molar-refractivity contribution is 7.88. The van der Waals surface area contributed by atoms with Crippen molar-refractivity contribution in [2.24, 2.45) is 0 Å². The van der Waals surface area contributed by atoms with Crippen molar-refractivity contribution in [1.82, 2.24) is 14.5 Å². The maximum atomic E-state index is 13.1. The van der Waals surface area contributed by atoms with Crippen LogP contribution in [0.5, 0.6) is 0 Å². The second-order valence-electron chi connectivity index (χ2n) is 6.85. The molecular formula is C21H27N3O4S. The summed E-state index contributed by atoms with van der Waals surface area (Å²) in [7, 11) is -0.660. The van der Waals surface area contributed by atoms with Gasteiger partial charge in [-0.05, 0) is 11.1 Å². The van der Waals surface area contributed by atoms with Crippen molar-refractivity contribution in [2.45, 2.75) is 19.0 Å². The van der Waals surface area contributed by atoms with Gasteiger partial charge in [-0.1, -0.05) is 60.7 Å². The fourth-order valence-corrected chi connectivity index (χ4v) is 3.24. The molecular weight excluding hydrogens is 390 g/mol. The molecule has 29 heavy (non-hydrogen) atoms. The lowest BCUT2D eigenvalue weighted by molar-refractivity contribution is -0.141. The van der Waals surface area contributed by atoms with Crippen LogP contribution >= 0.6 is 0 Å². The lowest BCUT2D eigenvalue weighted by Gasteiger charge is -2.32. The fourth-order valence-electron chi connectivity index (χ4n) is 2.90. The zero-order valence-corrected chi connectivity index (χ0v) is 17.7. The first-order valence-electron chi connectivity index (χ1n) is 9.22. The van der Waals surface area contributed by atoms with Crippen LogP contribution in [0.15, 0.2) is 60.7 Å². The summed E-state index contributed by atoms with van der Waals surface area (Å²) in [5, 5.41) is 2.63. The number of nitrogens with zero attached hydrogens (tertiary/aromatic N) is 2. The molecule has 2 aromatic carbocycles. The van der Waals surface area contributed by atoms with Gasteiger partial charge in [-0.3, -0.25) is 9.59 Å². The number of likely N-dealkylation sites (N-methyl/N-ethyl adjacent to an activating group) is 2. The molecule has 7 nitrogen and oxygen atoms in total. The molecule has 2 amide bonds. The van der Waals surface area contributed by atoms with Gasteiger partial charge in [-0.25, -0.2) is 8.42 Å². The van der Waals surface area contributed by atoms with E-state index in [1.54, 1.807) is 0 Å². The average Bonchev–Trinajstić information content (AvgIpc) is 2.70. The second-order valence-corrected chi connectivity index (χ2v) is 8.94. The quantitative estimate of drug-likeness (QED) is 0.666. The van der Waals surface area contributed by atoms with Crippen LogP contribution in [-0.2, 0) is 32.6 Å². The van der Waals surface area contributed by atoms with Gasteiger partial charge in [-0.15, -0.1) is 0 Å². The Hall–Kier alpha value is -2.71. The van der Waals surface area contributed by atoms with Gasteiger partial charge in [0.1, 0.15) is 6.04 Å². The van der Waals surface area contributed by atoms with Gasteiger partial charge in [0, 0.05) is 27.1 Å². The molecule has 0 spiro atoms. The Morgan fingerprint density at radius 2 is 1.48 bits per heavy atom. The van der Waals surface area contributed by atoms with E-state index in [1.807, 2.05) is 60.7 Å². The monoisotopic (exact) mass is 417 g/mol. The zero-order chi connectivity index (χ0) is 21.4. The van der Waals surface area contributed by atoms with Crippen LogP contribution in [0.25, 0.3) is 0 Å². The summed E-state index contributed by atoms with van der Waals surface area (Å²) in [6.07, 6.45) is 1.36. The molecule has 0 saturated carbocycles. The summed E-state index contributed by atoms with van der Waals surface area (Å²) >= 11 is 0. The number of benzene rings is 2. The third kappa shape index (κ3) is 6.69. The summed E-state index contributed by atoms with van der Waals surface area (Å²) < 4.78 is 24.5. The largest absolute Gasteiger partial charge is 0.357 e. The normalized spacial score (nSPS) is 12.4. The molecule has 0 aliphatic carbocycles. The smallest absolute Gasteiger partial charge is 0.242 e. The Labute approximate surface area is 172 Å². The van der Waals surface area contributed by atoms with Crippen molar-refractivity contribution in [3.63, 3.8) is 0 Å². The molecule has 0 heterocycles. The van der Waals surface area contributed by atoms with Crippen molar-refractivity contribution in [1.29, 1.82) is 0 Å². The number of hydrogen-bond acceptors (Lipinski definition) is 4. The standard InChI is InChI=1S/C21H27N3O4S/c1-22-21(26)19(14-17-10-6-4-7-11-17)24(15-18-12-8-5-9-13-18)20(25)16-23(2)29(3,27)28/h4-13,19H,14-16H2,1-3H3,(H,22,26)/t19-/m1/s1. The van der Waals surface area contributed by atoms with Gasteiger partial charge in [-0.2, -0.15) is 4.31 Å². The predicted octanol–water partition coefficient (Wildman–Crippen LogP) is 1.26. The number of hydrogen-bond donors (Lipinski definition) is 1. The van der Waals surface area contributed by atoms with Crippen LogP contribution in [-0.4, -0.2) is 62.4 Å². The van der Waals surface area contributed by atoms with E-state index in [1.165, 1.54) is 19.0 Å². The first kappa shape index (κ1) is 22.6. The number of rotatable bonds is 9. The maximum absolute atomic E-state index is 13.1. The highest BCUT2D eigenvalue weighted by atomic mass is 32.2. The molecule has 2 rings (SSSR count). The highest BCUT2D eigenvalue weighted by Crippen LogP contribution is 2.15. The molecule has 156 valence electrons. The predicted molar refractivity (Wildman–Crippen MR) is 112 cm³/mol. The van der Waals surface area contributed by atoms with Crippen molar-refractivity contribution < 1.29 is 18.0 Å². The van der Waals surface area contributed by atoms with E-state index < -0.39 is 22.0 Å². The molecule has 0 saturated heterocycles. The molecule has 0 aliphatic rings. The first-order chi connectivity index (χ1) is 13.7. The second kappa shape index (κ2) is 10.2. The first-order valence-corrected chi connectivity index (χ1v) is 11.1. The summed E-state index contributed by atoms with van der Waals surface area (Å²) in [6.45, 7) is -0.143. The minimum absolute atomic E-state index is 0.197. The van der Waals surface area contributed by atoms with Crippen molar-refractivity contribution in [2.75, 3.05) is 26.9 Å². The number of nitrogens with one attached hydrogen (secondary N) is 1. The molecule has 0 radical (unpaired) electrons. The van der Waals surface area contributed by atoms with Gasteiger partial charge in [0.05, 0.1) is 12.8 Å². The van der Waals surface area contributed by atoms with Crippen LogP contribution in [0.3, 0.4) is 0 Å². The van der Waals surface area contributed by atoms with Gasteiger partial charge < -0.3 is 10.2 Å². The third-order valence-corrected chi connectivity index (χ3v) is 5.90. The SMILES string of the molecule is CNC(=O)[C@@H](Cc1ccccc1)N(Cc1ccccc1)C(=O)CN(C)S(C)(=O)=O. The topological polar surface area (TPSA) is 86.8 Å². The van der Waals surface area contributed by atoms with E-state index in [9.17, 15) is 18.0 Å². The van der Waals surface area contributed by atoms with E-state index in [0.717, 1.165) is 21.7 Å². The van der Waals surface area contributed by atoms with Gasteiger partial charge in [0.2, 0.25) is 21.8 Å². The maximum Gasteiger partial charge on any atom is 0.242 e. The van der Waals surface area contributed by atoms with Gasteiger partial charge in [0.25, 0.3) is 0 Å². The van der Waals surface area contributed by atoms with Crippen LogP contribution in [0.2, 0.25) is 0 Å². The molecule has 0 unspecified atom stereocenters.